The monoisotopic (exact) mass is 470 g/mol. The minimum Gasteiger partial charge on any atom is -0.329 e. The van der Waals surface area contributed by atoms with Crippen molar-refractivity contribution in [1.82, 2.24) is 19.3 Å². The Kier molecular flexibility index (Phi) is 6.56. The van der Waals surface area contributed by atoms with Crippen LogP contribution >= 0.6 is 34.8 Å². The zero-order valence-electron chi connectivity index (χ0n) is 16.3. The largest absolute Gasteiger partial charge is 0.329 e. The minimum absolute atomic E-state index is 0.196. The highest BCUT2D eigenvalue weighted by atomic mass is 35.5. The molecule has 3 heterocycles. The molecule has 0 saturated heterocycles. The fourth-order valence-electron chi connectivity index (χ4n) is 3.15. The van der Waals surface area contributed by atoms with E-state index in [-0.39, 0.29) is 5.91 Å². The van der Waals surface area contributed by atoms with Gasteiger partial charge in [-0.15, -0.1) is 0 Å². The van der Waals surface area contributed by atoms with Crippen molar-refractivity contribution in [2.45, 2.75) is 13.1 Å². The molecule has 0 radical (unpaired) electrons. The number of benzene rings is 1. The Labute approximate surface area is 194 Å². The highest BCUT2D eigenvalue weighted by molar-refractivity contribution is 6.42. The second-order valence-corrected chi connectivity index (χ2v) is 7.99. The van der Waals surface area contributed by atoms with E-state index in [4.69, 9.17) is 34.8 Å². The molecule has 0 unspecified atom stereocenters. The number of hydrogen-bond donors (Lipinski definition) is 0. The smallest absolute Gasteiger partial charge is 0.247 e. The van der Waals surface area contributed by atoms with Gasteiger partial charge in [-0.2, -0.15) is 0 Å². The van der Waals surface area contributed by atoms with E-state index in [1.807, 2.05) is 53.1 Å². The molecule has 3 aromatic heterocycles. The number of imidazole rings is 1. The van der Waals surface area contributed by atoms with Crippen molar-refractivity contribution >= 4 is 52.4 Å². The van der Waals surface area contributed by atoms with Crippen molar-refractivity contribution in [3.05, 3.63) is 105 Å². The van der Waals surface area contributed by atoms with Crippen LogP contribution in [0.25, 0.3) is 11.7 Å². The normalized spacial score (nSPS) is 11.3. The molecular formula is C23H17Cl3N4O. The SMILES string of the molecule is O=C(/C=C/c1c(Cl)nc2ccccn12)N(Cc1ccc(Cl)c(Cl)c1)Cc1ccccn1. The molecule has 31 heavy (non-hydrogen) atoms. The van der Waals surface area contributed by atoms with Gasteiger partial charge < -0.3 is 4.90 Å². The Balaban J connectivity index is 1.61. The summed E-state index contributed by atoms with van der Waals surface area (Å²) >= 11 is 18.5. The van der Waals surface area contributed by atoms with Crippen LogP contribution in [-0.4, -0.2) is 25.2 Å². The summed E-state index contributed by atoms with van der Waals surface area (Å²) in [5, 5.41) is 1.24. The summed E-state index contributed by atoms with van der Waals surface area (Å²) in [5.74, 6) is -0.196. The maximum Gasteiger partial charge on any atom is 0.247 e. The molecule has 1 amide bonds. The third kappa shape index (κ3) is 5.07. The second-order valence-electron chi connectivity index (χ2n) is 6.81. The Hall–Kier alpha value is -2.86. The molecule has 0 aliphatic heterocycles. The predicted molar refractivity (Wildman–Crippen MR) is 124 cm³/mol. The molecular weight excluding hydrogens is 455 g/mol. The minimum atomic E-state index is -0.196. The van der Waals surface area contributed by atoms with Crippen LogP contribution in [-0.2, 0) is 17.9 Å². The lowest BCUT2D eigenvalue weighted by atomic mass is 10.2. The average molecular weight is 472 g/mol. The number of rotatable bonds is 6. The van der Waals surface area contributed by atoms with Crippen LogP contribution in [0.2, 0.25) is 15.2 Å². The van der Waals surface area contributed by atoms with Crippen molar-refractivity contribution in [2.75, 3.05) is 0 Å². The van der Waals surface area contributed by atoms with E-state index >= 15 is 0 Å². The number of fused-ring (bicyclic) bond motifs is 1. The summed E-state index contributed by atoms with van der Waals surface area (Å²) in [6.07, 6.45) is 6.71. The van der Waals surface area contributed by atoms with Gasteiger partial charge in [-0.3, -0.25) is 14.2 Å². The molecule has 156 valence electrons. The Morgan fingerprint density at radius 2 is 1.84 bits per heavy atom. The van der Waals surface area contributed by atoms with Gasteiger partial charge in [-0.25, -0.2) is 4.98 Å². The number of hydrogen-bond acceptors (Lipinski definition) is 3. The third-order valence-electron chi connectivity index (χ3n) is 4.65. The Bertz CT molecular complexity index is 1250. The highest BCUT2D eigenvalue weighted by Crippen LogP contribution is 2.24. The van der Waals surface area contributed by atoms with Crippen LogP contribution in [0.3, 0.4) is 0 Å². The number of pyridine rings is 2. The fourth-order valence-corrected chi connectivity index (χ4v) is 3.71. The summed E-state index contributed by atoms with van der Waals surface area (Å²) < 4.78 is 1.83. The molecule has 0 saturated carbocycles. The number of nitrogens with zero attached hydrogens (tertiary/aromatic N) is 4. The van der Waals surface area contributed by atoms with Crippen LogP contribution < -0.4 is 0 Å². The van der Waals surface area contributed by atoms with Gasteiger partial charge in [0.2, 0.25) is 5.91 Å². The number of carbonyl (C=O) groups is 1. The van der Waals surface area contributed by atoms with E-state index in [9.17, 15) is 4.79 Å². The summed E-state index contributed by atoms with van der Waals surface area (Å²) in [7, 11) is 0. The van der Waals surface area contributed by atoms with E-state index in [0.717, 1.165) is 11.3 Å². The summed E-state index contributed by atoms with van der Waals surface area (Å²) in [6, 6.07) is 16.5. The third-order valence-corrected chi connectivity index (χ3v) is 5.67. The first-order valence-electron chi connectivity index (χ1n) is 9.44. The van der Waals surface area contributed by atoms with Crippen molar-refractivity contribution in [2.24, 2.45) is 0 Å². The van der Waals surface area contributed by atoms with Crippen molar-refractivity contribution < 1.29 is 4.79 Å². The van der Waals surface area contributed by atoms with Gasteiger partial charge in [-0.05, 0) is 48.0 Å². The summed E-state index contributed by atoms with van der Waals surface area (Å²) in [4.78, 5) is 23.4. The van der Waals surface area contributed by atoms with Crippen LogP contribution in [0.1, 0.15) is 17.0 Å². The van der Waals surface area contributed by atoms with Crippen molar-refractivity contribution in [3.8, 4) is 0 Å². The quantitative estimate of drug-likeness (QED) is 0.327. The topological polar surface area (TPSA) is 50.5 Å². The van der Waals surface area contributed by atoms with Crippen LogP contribution in [0.4, 0.5) is 0 Å². The molecule has 0 spiro atoms. The highest BCUT2D eigenvalue weighted by Gasteiger charge is 2.15. The van der Waals surface area contributed by atoms with E-state index in [1.165, 1.54) is 6.08 Å². The molecule has 0 aliphatic rings. The van der Waals surface area contributed by atoms with Gasteiger partial charge in [0.25, 0.3) is 0 Å². The van der Waals surface area contributed by atoms with Crippen LogP contribution in [0.15, 0.2) is 73.1 Å². The van der Waals surface area contributed by atoms with Gasteiger partial charge in [0.1, 0.15) is 5.65 Å². The van der Waals surface area contributed by atoms with Gasteiger partial charge in [0.15, 0.2) is 5.15 Å². The van der Waals surface area contributed by atoms with Gasteiger partial charge in [0.05, 0.1) is 28.0 Å². The molecule has 1 aromatic carbocycles. The number of halogens is 3. The zero-order valence-corrected chi connectivity index (χ0v) is 18.5. The predicted octanol–water partition coefficient (Wildman–Crippen LogP) is 5.93. The molecule has 0 fully saturated rings. The zero-order chi connectivity index (χ0) is 21.8. The van der Waals surface area contributed by atoms with Gasteiger partial charge >= 0.3 is 0 Å². The lowest BCUT2D eigenvalue weighted by Gasteiger charge is -2.21. The number of amides is 1. The van der Waals surface area contributed by atoms with Crippen molar-refractivity contribution in [3.63, 3.8) is 0 Å². The Morgan fingerprint density at radius 1 is 1.00 bits per heavy atom. The Morgan fingerprint density at radius 3 is 2.61 bits per heavy atom. The summed E-state index contributed by atoms with van der Waals surface area (Å²) in [5.41, 5.74) is 2.98. The lowest BCUT2D eigenvalue weighted by Crippen LogP contribution is -2.28. The first kappa shape index (κ1) is 21.4. The lowest BCUT2D eigenvalue weighted by molar-refractivity contribution is -0.127. The second kappa shape index (κ2) is 9.52. The average Bonchev–Trinajstić information content (AvgIpc) is 3.09. The van der Waals surface area contributed by atoms with E-state index < -0.39 is 0 Å². The maximum absolute atomic E-state index is 13.1. The molecule has 8 heteroatoms. The van der Waals surface area contributed by atoms with Gasteiger partial charge in [0, 0.05) is 25.0 Å². The number of carbonyl (C=O) groups excluding carboxylic acids is 1. The first-order chi connectivity index (χ1) is 15.0. The maximum atomic E-state index is 13.1. The molecule has 4 aromatic rings. The molecule has 0 N–H and O–H groups in total. The van der Waals surface area contributed by atoms with E-state index in [2.05, 4.69) is 9.97 Å². The molecule has 4 rings (SSSR count). The molecule has 0 atom stereocenters. The molecule has 0 bridgehead atoms. The summed E-state index contributed by atoms with van der Waals surface area (Å²) in [6.45, 7) is 0.683. The van der Waals surface area contributed by atoms with Crippen molar-refractivity contribution in [1.29, 1.82) is 0 Å². The standard InChI is InChI=1S/C23H17Cl3N4O/c24-18-8-7-16(13-19(18)25)14-29(15-17-5-1-3-11-27-17)22(31)10-9-20-23(26)28-21-6-2-4-12-30(20)21/h1-13H,14-15H2/b10-9+. The van der Waals surface area contributed by atoms with Crippen LogP contribution in [0.5, 0.6) is 0 Å². The van der Waals surface area contributed by atoms with E-state index in [0.29, 0.717) is 39.6 Å². The molecule has 0 aliphatic carbocycles. The van der Waals surface area contributed by atoms with Gasteiger partial charge in [-0.1, -0.05) is 53.0 Å². The first-order valence-corrected chi connectivity index (χ1v) is 10.6. The fraction of sp³-hybridized carbons (Fsp3) is 0.0870. The van der Waals surface area contributed by atoms with E-state index in [1.54, 1.807) is 29.3 Å². The molecule has 5 nitrogen and oxygen atoms in total. The van der Waals surface area contributed by atoms with Crippen LogP contribution in [0, 0.1) is 0 Å². The number of aromatic nitrogens is 3.